The van der Waals surface area contributed by atoms with Crippen molar-refractivity contribution >= 4 is 37.4 Å². The van der Waals surface area contributed by atoms with Crippen LogP contribution in [0.1, 0.15) is 14.5 Å². The third-order valence-electron chi connectivity index (χ3n) is 2.15. The predicted octanol–water partition coefficient (Wildman–Crippen LogP) is -0.418. The number of carboxylic acid groups (broad SMARTS) is 1. The molecular weight excluding hydrogens is 328 g/mol. The first-order valence-electron chi connectivity index (χ1n) is 5.31. The van der Waals surface area contributed by atoms with Crippen LogP contribution < -0.4 is 9.44 Å². The summed E-state index contributed by atoms with van der Waals surface area (Å²) < 4.78 is 49.8. The SMILES string of the molecule is Cc1sc(C(=O)O)cc1S(=O)(=O)NCCNS(C)(=O)=O. The van der Waals surface area contributed by atoms with Crippen LogP contribution in [0.4, 0.5) is 0 Å². The largest absolute Gasteiger partial charge is 0.477 e. The van der Waals surface area contributed by atoms with Gasteiger partial charge in [0.05, 0.1) is 11.2 Å². The highest BCUT2D eigenvalue weighted by atomic mass is 32.2. The van der Waals surface area contributed by atoms with Gasteiger partial charge in [0, 0.05) is 18.0 Å². The Morgan fingerprint density at radius 2 is 1.80 bits per heavy atom. The number of carboxylic acids is 1. The number of hydrogen-bond acceptors (Lipinski definition) is 6. The van der Waals surface area contributed by atoms with Gasteiger partial charge < -0.3 is 5.11 Å². The number of sulfonamides is 2. The Balaban J connectivity index is 2.77. The van der Waals surface area contributed by atoms with E-state index in [0.29, 0.717) is 4.88 Å². The van der Waals surface area contributed by atoms with Crippen molar-refractivity contribution in [2.45, 2.75) is 11.8 Å². The van der Waals surface area contributed by atoms with E-state index in [1.807, 2.05) is 0 Å². The molecular formula is C9H14N2O6S3. The van der Waals surface area contributed by atoms with Crippen molar-refractivity contribution in [1.82, 2.24) is 9.44 Å². The van der Waals surface area contributed by atoms with E-state index in [4.69, 9.17) is 5.11 Å². The van der Waals surface area contributed by atoms with Gasteiger partial charge in [-0.2, -0.15) is 0 Å². The van der Waals surface area contributed by atoms with Crippen molar-refractivity contribution in [1.29, 1.82) is 0 Å². The lowest BCUT2D eigenvalue weighted by atomic mass is 10.4. The van der Waals surface area contributed by atoms with Crippen LogP contribution in [0.2, 0.25) is 0 Å². The van der Waals surface area contributed by atoms with Gasteiger partial charge in [-0.05, 0) is 13.0 Å². The highest BCUT2D eigenvalue weighted by Crippen LogP contribution is 2.25. The zero-order valence-electron chi connectivity index (χ0n) is 10.7. The number of aromatic carboxylic acids is 1. The van der Waals surface area contributed by atoms with E-state index in [1.165, 1.54) is 6.92 Å². The molecule has 0 amide bonds. The number of thiophene rings is 1. The van der Waals surface area contributed by atoms with Crippen molar-refractivity contribution in [2.24, 2.45) is 0 Å². The second kappa shape index (κ2) is 6.18. The minimum absolute atomic E-state index is 0.0721. The standard InChI is InChI=1S/C9H14N2O6S3/c1-6-8(5-7(18-6)9(12)13)20(16,17)11-4-3-10-19(2,14)15/h5,10-11H,3-4H2,1-2H3,(H,12,13). The second-order valence-electron chi connectivity index (χ2n) is 3.90. The number of carbonyl (C=O) groups is 1. The average molecular weight is 342 g/mol. The van der Waals surface area contributed by atoms with Gasteiger partial charge in [-0.25, -0.2) is 31.1 Å². The molecule has 1 rings (SSSR count). The number of rotatable bonds is 7. The molecule has 0 aliphatic carbocycles. The van der Waals surface area contributed by atoms with Crippen LogP contribution in [-0.4, -0.2) is 47.3 Å². The maximum absolute atomic E-state index is 11.9. The van der Waals surface area contributed by atoms with Crippen molar-refractivity contribution in [3.63, 3.8) is 0 Å². The van der Waals surface area contributed by atoms with E-state index in [0.717, 1.165) is 23.7 Å². The molecule has 0 spiro atoms. The van der Waals surface area contributed by atoms with Crippen molar-refractivity contribution in [3.05, 3.63) is 15.8 Å². The summed E-state index contributed by atoms with van der Waals surface area (Å²) in [6.45, 7) is 1.28. The second-order valence-corrected chi connectivity index (χ2v) is 8.73. The fourth-order valence-electron chi connectivity index (χ4n) is 1.34. The third kappa shape index (κ3) is 4.83. The molecule has 0 aliphatic heterocycles. The van der Waals surface area contributed by atoms with E-state index >= 15 is 0 Å². The molecule has 3 N–H and O–H groups in total. The smallest absolute Gasteiger partial charge is 0.345 e. The zero-order chi connectivity index (χ0) is 15.6. The van der Waals surface area contributed by atoms with Crippen LogP contribution in [0.15, 0.2) is 11.0 Å². The molecule has 8 nitrogen and oxygen atoms in total. The first-order chi connectivity index (χ1) is 9.03. The Labute approximate surface area is 120 Å². The Bertz CT molecular complexity index is 704. The highest BCUT2D eigenvalue weighted by Gasteiger charge is 2.21. The minimum atomic E-state index is -3.86. The van der Waals surface area contributed by atoms with Crippen molar-refractivity contribution < 1.29 is 26.7 Å². The summed E-state index contributed by atoms with van der Waals surface area (Å²) in [5.74, 6) is -1.20. The van der Waals surface area contributed by atoms with Gasteiger partial charge in [0.2, 0.25) is 20.0 Å². The molecule has 114 valence electrons. The van der Waals surface area contributed by atoms with Crippen LogP contribution in [0.25, 0.3) is 0 Å². The molecule has 0 radical (unpaired) electrons. The minimum Gasteiger partial charge on any atom is -0.477 e. The van der Waals surface area contributed by atoms with Crippen LogP contribution in [0, 0.1) is 6.92 Å². The molecule has 1 aromatic rings. The van der Waals surface area contributed by atoms with Gasteiger partial charge in [-0.3, -0.25) is 0 Å². The van der Waals surface area contributed by atoms with Crippen LogP contribution in [0.3, 0.4) is 0 Å². The molecule has 20 heavy (non-hydrogen) atoms. The van der Waals surface area contributed by atoms with E-state index in [-0.39, 0.29) is 22.9 Å². The molecule has 0 atom stereocenters. The quantitative estimate of drug-likeness (QED) is 0.577. The lowest BCUT2D eigenvalue weighted by Gasteiger charge is -2.06. The summed E-state index contributed by atoms with van der Waals surface area (Å²) in [6.07, 6.45) is 0.962. The molecule has 0 aromatic carbocycles. The normalized spacial score (nSPS) is 12.5. The average Bonchev–Trinajstić information content (AvgIpc) is 2.66. The Kier molecular flexibility index (Phi) is 5.27. The summed E-state index contributed by atoms with van der Waals surface area (Å²) in [5, 5.41) is 8.81. The van der Waals surface area contributed by atoms with Gasteiger partial charge in [0.25, 0.3) is 0 Å². The fraction of sp³-hybridized carbons (Fsp3) is 0.444. The Morgan fingerprint density at radius 3 is 2.25 bits per heavy atom. The molecule has 0 unspecified atom stereocenters. The van der Waals surface area contributed by atoms with E-state index in [1.54, 1.807) is 0 Å². The summed E-state index contributed by atoms with van der Waals surface area (Å²) >= 11 is 0.863. The van der Waals surface area contributed by atoms with Crippen LogP contribution in [0.5, 0.6) is 0 Å². The molecule has 11 heteroatoms. The van der Waals surface area contributed by atoms with Gasteiger partial charge >= 0.3 is 5.97 Å². The third-order valence-corrected chi connectivity index (χ3v) is 5.64. The van der Waals surface area contributed by atoms with E-state index < -0.39 is 26.0 Å². The molecule has 0 saturated carbocycles. The first-order valence-corrected chi connectivity index (χ1v) is 9.50. The van der Waals surface area contributed by atoms with Gasteiger partial charge in [0.15, 0.2) is 0 Å². The summed E-state index contributed by atoms with van der Waals surface area (Å²) in [7, 11) is -7.24. The Hall–Kier alpha value is -1.01. The topological polar surface area (TPSA) is 130 Å². The zero-order valence-corrected chi connectivity index (χ0v) is 13.2. The predicted molar refractivity (Wildman–Crippen MR) is 74.1 cm³/mol. The molecule has 0 fully saturated rings. The van der Waals surface area contributed by atoms with Crippen LogP contribution in [-0.2, 0) is 20.0 Å². The lowest BCUT2D eigenvalue weighted by molar-refractivity contribution is 0.0702. The van der Waals surface area contributed by atoms with Crippen molar-refractivity contribution in [3.8, 4) is 0 Å². The fourth-order valence-corrected chi connectivity index (χ4v) is 4.27. The van der Waals surface area contributed by atoms with Gasteiger partial charge in [0.1, 0.15) is 4.88 Å². The number of aryl methyl sites for hydroxylation is 1. The van der Waals surface area contributed by atoms with Crippen molar-refractivity contribution in [2.75, 3.05) is 19.3 Å². The van der Waals surface area contributed by atoms with E-state index in [9.17, 15) is 21.6 Å². The lowest BCUT2D eigenvalue weighted by Crippen LogP contribution is -2.34. The van der Waals surface area contributed by atoms with Crippen LogP contribution >= 0.6 is 11.3 Å². The number of hydrogen-bond donors (Lipinski definition) is 3. The molecule has 0 saturated heterocycles. The maximum Gasteiger partial charge on any atom is 0.345 e. The summed E-state index contributed by atoms with van der Waals surface area (Å²) in [6, 6.07) is 1.08. The summed E-state index contributed by atoms with van der Waals surface area (Å²) in [4.78, 5) is 11.0. The highest BCUT2D eigenvalue weighted by molar-refractivity contribution is 7.89. The maximum atomic E-state index is 11.9. The van der Waals surface area contributed by atoms with Gasteiger partial charge in [-0.15, -0.1) is 11.3 Å². The Morgan fingerprint density at radius 1 is 1.25 bits per heavy atom. The van der Waals surface area contributed by atoms with E-state index in [2.05, 4.69) is 9.44 Å². The summed E-state index contributed by atoms with van der Waals surface area (Å²) in [5.41, 5.74) is 0. The monoisotopic (exact) mass is 342 g/mol. The molecule has 0 aliphatic rings. The first kappa shape index (κ1) is 17.0. The molecule has 0 bridgehead atoms. The molecule has 1 heterocycles. The molecule has 1 aromatic heterocycles. The van der Waals surface area contributed by atoms with Gasteiger partial charge in [-0.1, -0.05) is 0 Å². The number of nitrogens with one attached hydrogen (secondary N) is 2.